The molecule has 0 aliphatic heterocycles. The van der Waals surface area contributed by atoms with Crippen LogP contribution in [0.15, 0.2) is 18.2 Å². The Bertz CT molecular complexity index is 711. The number of ether oxygens (including phenoxy) is 3. The van der Waals surface area contributed by atoms with Crippen molar-refractivity contribution in [3.05, 3.63) is 29.3 Å². The fraction of sp³-hybridized carbons (Fsp3) is 0.550. The fourth-order valence-corrected chi connectivity index (χ4v) is 2.51. The van der Waals surface area contributed by atoms with Gasteiger partial charge in [0.1, 0.15) is 23.4 Å². The van der Waals surface area contributed by atoms with Gasteiger partial charge in [-0.3, -0.25) is 4.79 Å². The van der Waals surface area contributed by atoms with Crippen molar-refractivity contribution in [3.63, 3.8) is 0 Å². The quantitative estimate of drug-likeness (QED) is 0.689. The zero-order chi connectivity index (χ0) is 21.5. The van der Waals surface area contributed by atoms with Crippen LogP contribution in [0.5, 0.6) is 5.75 Å². The Kier molecular flexibility index (Phi) is 8.28. The van der Waals surface area contributed by atoms with Crippen molar-refractivity contribution < 1.29 is 28.6 Å². The third kappa shape index (κ3) is 6.75. The molecule has 0 bridgehead atoms. The van der Waals surface area contributed by atoms with Crippen molar-refractivity contribution in [2.24, 2.45) is 0 Å². The van der Waals surface area contributed by atoms with Crippen molar-refractivity contribution >= 4 is 18.0 Å². The zero-order valence-electron chi connectivity index (χ0n) is 17.5. The van der Waals surface area contributed by atoms with E-state index < -0.39 is 35.7 Å². The molecule has 1 aromatic rings. The van der Waals surface area contributed by atoms with Gasteiger partial charge in [0.15, 0.2) is 0 Å². The number of carbonyl (C=O) groups excluding carboxylic acids is 3. The van der Waals surface area contributed by atoms with Crippen LogP contribution in [0.4, 0.5) is 4.79 Å². The molecule has 28 heavy (non-hydrogen) atoms. The summed E-state index contributed by atoms with van der Waals surface area (Å²) in [6.07, 6.45) is -0.0664. The number of alkyl carbamates (subject to hydrolysis) is 1. The highest BCUT2D eigenvalue weighted by molar-refractivity contribution is 5.90. The molecule has 0 saturated carbocycles. The highest BCUT2D eigenvalue weighted by atomic mass is 16.6. The molecular weight excluding hydrogens is 364 g/mol. The van der Waals surface area contributed by atoms with Gasteiger partial charge in [0.2, 0.25) is 5.91 Å². The Morgan fingerprint density at radius 3 is 2.25 bits per heavy atom. The van der Waals surface area contributed by atoms with Crippen LogP contribution in [-0.2, 0) is 25.5 Å². The maximum absolute atomic E-state index is 12.8. The standard InChI is InChI=1S/C20H30N2O6/c1-8-13-11-14(9-10-15(13)26-6)16(22-19(25)28-20(3,4)5)17(23)21-12(2)18(24)27-7/h9-12,16H,8H2,1-7H3,(H,21,23)(H,22,25). The normalized spacial score (nSPS) is 13.1. The zero-order valence-corrected chi connectivity index (χ0v) is 17.5. The van der Waals surface area contributed by atoms with Crippen LogP contribution in [0.25, 0.3) is 0 Å². The second-order valence-electron chi connectivity index (χ2n) is 7.26. The topological polar surface area (TPSA) is 103 Å². The summed E-state index contributed by atoms with van der Waals surface area (Å²) in [6, 6.07) is 3.27. The summed E-state index contributed by atoms with van der Waals surface area (Å²) in [4.78, 5) is 36.7. The SMILES string of the molecule is CCc1cc(C(NC(=O)OC(C)(C)C)C(=O)NC(C)C(=O)OC)ccc1OC. The lowest BCUT2D eigenvalue weighted by Crippen LogP contribution is -2.47. The second kappa shape index (κ2) is 9.96. The molecule has 8 nitrogen and oxygen atoms in total. The molecule has 1 rings (SSSR count). The van der Waals surface area contributed by atoms with Crippen LogP contribution < -0.4 is 15.4 Å². The molecule has 0 saturated heterocycles. The highest BCUT2D eigenvalue weighted by Crippen LogP contribution is 2.24. The number of nitrogens with one attached hydrogen (secondary N) is 2. The van der Waals surface area contributed by atoms with E-state index in [0.29, 0.717) is 17.7 Å². The number of amides is 2. The van der Waals surface area contributed by atoms with Crippen LogP contribution >= 0.6 is 0 Å². The predicted molar refractivity (Wildman–Crippen MR) is 104 cm³/mol. The number of hydrogen-bond acceptors (Lipinski definition) is 6. The number of hydrogen-bond donors (Lipinski definition) is 2. The van der Waals surface area contributed by atoms with Crippen LogP contribution in [0.2, 0.25) is 0 Å². The monoisotopic (exact) mass is 394 g/mol. The molecule has 1 aromatic carbocycles. The molecule has 2 unspecified atom stereocenters. The Morgan fingerprint density at radius 1 is 1.11 bits per heavy atom. The van der Waals surface area contributed by atoms with E-state index >= 15 is 0 Å². The van der Waals surface area contributed by atoms with Gasteiger partial charge in [-0.05, 0) is 57.4 Å². The largest absolute Gasteiger partial charge is 0.496 e. The Labute approximate surface area is 165 Å². The van der Waals surface area contributed by atoms with Crippen molar-refractivity contribution in [1.82, 2.24) is 10.6 Å². The van der Waals surface area contributed by atoms with Gasteiger partial charge in [-0.1, -0.05) is 13.0 Å². The van der Waals surface area contributed by atoms with E-state index in [1.54, 1.807) is 46.1 Å². The lowest BCUT2D eigenvalue weighted by Gasteiger charge is -2.25. The number of benzene rings is 1. The van der Waals surface area contributed by atoms with Gasteiger partial charge in [0.25, 0.3) is 0 Å². The summed E-state index contributed by atoms with van der Waals surface area (Å²) < 4.78 is 15.2. The highest BCUT2D eigenvalue weighted by Gasteiger charge is 2.28. The van der Waals surface area contributed by atoms with Gasteiger partial charge in [0.05, 0.1) is 14.2 Å². The lowest BCUT2D eigenvalue weighted by molar-refractivity contribution is -0.144. The number of carbonyl (C=O) groups is 3. The average Bonchev–Trinajstić information content (AvgIpc) is 2.63. The maximum atomic E-state index is 12.8. The van der Waals surface area contributed by atoms with Crippen molar-refractivity contribution in [1.29, 1.82) is 0 Å². The first-order chi connectivity index (χ1) is 13.0. The maximum Gasteiger partial charge on any atom is 0.408 e. The Hall–Kier alpha value is -2.77. The molecule has 0 spiro atoms. The molecular formula is C20H30N2O6. The van der Waals surface area contributed by atoms with Gasteiger partial charge in [-0.15, -0.1) is 0 Å². The molecule has 2 amide bonds. The summed E-state index contributed by atoms with van der Waals surface area (Å²) in [5, 5.41) is 5.12. The molecule has 0 aliphatic rings. The lowest BCUT2D eigenvalue weighted by atomic mass is 10.0. The summed E-state index contributed by atoms with van der Waals surface area (Å²) in [6.45, 7) is 8.63. The molecule has 0 aliphatic carbocycles. The molecule has 2 N–H and O–H groups in total. The smallest absolute Gasteiger partial charge is 0.408 e. The number of aryl methyl sites for hydroxylation is 1. The van der Waals surface area contributed by atoms with E-state index in [1.807, 2.05) is 6.92 Å². The average molecular weight is 394 g/mol. The molecule has 2 atom stereocenters. The minimum absolute atomic E-state index is 0.540. The van der Waals surface area contributed by atoms with Gasteiger partial charge >= 0.3 is 12.1 Å². The third-order valence-corrected chi connectivity index (χ3v) is 3.86. The van der Waals surface area contributed by atoms with Gasteiger partial charge in [-0.25, -0.2) is 9.59 Å². The van der Waals surface area contributed by atoms with E-state index in [2.05, 4.69) is 15.4 Å². The number of rotatable bonds is 7. The van der Waals surface area contributed by atoms with Crippen molar-refractivity contribution in [3.8, 4) is 5.75 Å². The molecule has 0 heterocycles. The first kappa shape index (κ1) is 23.3. The van der Waals surface area contributed by atoms with Gasteiger partial charge in [-0.2, -0.15) is 0 Å². The van der Waals surface area contributed by atoms with Crippen LogP contribution in [0.3, 0.4) is 0 Å². The van der Waals surface area contributed by atoms with Crippen molar-refractivity contribution in [2.45, 2.75) is 58.7 Å². The third-order valence-electron chi connectivity index (χ3n) is 3.86. The minimum Gasteiger partial charge on any atom is -0.496 e. The first-order valence-corrected chi connectivity index (χ1v) is 9.06. The summed E-state index contributed by atoms with van der Waals surface area (Å²) in [5.41, 5.74) is 0.696. The number of esters is 1. The van der Waals surface area contributed by atoms with E-state index in [1.165, 1.54) is 14.0 Å². The second-order valence-corrected chi connectivity index (χ2v) is 7.26. The minimum atomic E-state index is -1.06. The van der Waals surface area contributed by atoms with Gasteiger partial charge < -0.3 is 24.8 Å². The van der Waals surface area contributed by atoms with E-state index in [9.17, 15) is 14.4 Å². The fourth-order valence-electron chi connectivity index (χ4n) is 2.51. The summed E-state index contributed by atoms with van der Waals surface area (Å²) >= 11 is 0. The van der Waals surface area contributed by atoms with E-state index in [4.69, 9.17) is 9.47 Å². The Balaban J connectivity index is 3.18. The van der Waals surface area contributed by atoms with Crippen LogP contribution in [0.1, 0.15) is 51.8 Å². The molecule has 0 aromatic heterocycles. The van der Waals surface area contributed by atoms with Crippen LogP contribution in [-0.4, -0.2) is 43.8 Å². The van der Waals surface area contributed by atoms with E-state index in [-0.39, 0.29) is 0 Å². The molecule has 156 valence electrons. The van der Waals surface area contributed by atoms with Crippen LogP contribution in [0, 0.1) is 0 Å². The Morgan fingerprint density at radius 2 is 1.75 bits per heavy atom. The number of methoxy groups -OCH3 is 2. The first-order valence-electron chi connectivity index (χ1n) is 9.06. The molecule has 0 radical (unpaired) electrons. The van der Waals surface area contributed by atoms with Gasteiger partial charge in [0, 0.05) is 0 Å². The predicted octanol–water partition coefficient (Wildman–Crippen LogP) is 2.50. The molecule has 8 heteroatoms. The summed E-state index contributed by atoms with van der Waals surface area (Å²) in [5.74, 6) is -0.463. The van der Waals surface area contributed by atoms with E-state index in [0.717, 1.165) is 5.56 Å². The summed E-state index contributed by atoms with van der Waals surface area (Å²) in [7, 11) is 2.80. The van der Waals surface area contributed by atoms with Crippen molar-refractivity contribution in [2.75, 3.05) is 14.2 Å². The molecule has 0 fully saturated rings.